The van der Waals surface area contributed by atoms with E-state index in [2.05, 4.69) is 40.1 Å². The Morgan fingerprint density at radius 1 is 1.39 bits per heavy atom. The van der Waals surface area contributed by atoms with Crippen LogP contribution in [-0.4, -0.2) is 32.8 Å². The summed E-state index contributed by atoms with van der Waals surface area (Å²) in [6, 6.07) is 6.53. The summed E-state index contributed by atoms with van der Waals surface area (Å²) in [6.07, 6.45) is 1.63. The van der Waals surface area contributed by atoms with Gasteiger partial charge in [-0.25, -0.2) is 9.37 Å². The zero-order valence-electron chi connectivity index (χ0n) is 13.2. The van der Waals surface area contributed by atoms with Crippen LogP contribution >= 0.6 is 11.3 Å². The molecule has 0 radical (unpaired) electrons. The molecule has 1 aromatic carbocycles. The first kappa shape index (κ1) is 14.8. The van der Waals surface area contributed by atoms with Gasteiger partial charge in [0.25, 0.3) is 0 Å². The second-order valence-electron chi connectivity index (χ2n) is 6.17. The number of aromatic nitrogens is 3. The van der Waals surface area contributed by atoms with Crippen molar-refractivity contribution in [3.63, 3.8) is 0 Å². The number of halogens is 1. The van der Waals surface area contributed by atoms with Crippen molar-refractivity contribution in [2.24, 2.45) is 7.05 Å². The van der Waals surface area contributed by atoms with Gasteiger partial charge in [-0.1, -0.05) is 6.07 Å². The van der Waals surface area contributed by atoms with Gasteiger partial charge >= 0.3 is 0 Å². The molecule has 120 valence electrons. The van der Waals surface area contributed by atoms with E-state index in [1.54, 1.807) is 16.0 Å². The standard InChI is InChI=1S/C17H19FN4S/c1-11(12-3-4-17-16(7-12)19-10-23-17)22-6-5-15-13(14(18)9-22)8-21(2)20-15/h3-4,7-8,10-11,14H,5-6,9H2,1-2H3. The minimum absolute atomic E-state index is 0.164. The van der Waals surface area contributed by atoms with Crippen LogP contribution in [0.3, 0.4) is 0 Å². The summed E-state index contributed by atoms with van der Waals surface area (Å²) in [7, 11) is 1.85. The zero-order valence-corrected chi connectivity index (χ0v) is 14.1. The summed E-state index contributed by atoms with van der Waals surface area (Å²) in [5, 5.41) is 4.40. The third kappa shape index (κ3) is 2.66. The summed E-state index contributed by atoms with van der Waals surface area (Å²) in [4.78, 5) is 6.60. The highest BCUT2D eigenvalue weighted by Crippen LogP contribution is 2.31. The summed E-state index contributed by atoms with van der Waals surface area (Å²) < 4.78 is 17.6. The summed E-state index contributed by atoms with van der Waals surface area (Å²) >= 11 is 1.65. The van der Waals surface area contributed by atoms with Gasteiger partial charge in [0.2, 0.25) is 0 Å². The molecule has 0 aliphatic carbocycles. The molecule has 2 unspecified atom stereocenters. The van der Waals surface area contributed by atoms with E-state index in [0.717, 1.165) is 29.7 Å². The van der Waals surface area contributed by atoms with Crippen molar-refractivity contribution in [3.8, 4) is 0 Å². The molecule has 0 spiro atoms. The maximum Gasteiger partial charge on any atom is 0.141 e. The van der Waals surface area contributed by atoms with Gasteiger partial charge in [-0.15, -0.1) is 11.3 Å². The third-order valence-corrected chi connectivity index (χ3v) is 5.50. The van der Waals surface area contributed by atoms with E-state index in [9.17, 15) is 4.39 Å². The lowest BCUT2D eigenvalue weighted by Crippen LogP contribution is -2.30. The number of thiazole rings is 1. The molecule has 0 saturated heterocycles. The van der Waals surface area contributed by atoms with Gasteiger partial charge in [0.05, 0.1) is 21.4 Å². The zero-order chi connectivity index (χ0) is 16.0. The van der Waals surface area contributed by atoms with E-state index in [-0.39, 0.29) is 6.04 Å². The number of aryl methyl sites for hydroxylation is 1. The van der Waals surface area contributed by atoms with Gasteiger partial charge in [-0.3, -0.25) is 9.58 Å². The van der Waals surface area contributed by atoms with Crippen LogP contribution in [0.1, 0.15) is 36.0 Å². The molecular weight excluding hydrogens is 311 g/mol. The average molecular weight is 330 g/mol. The van der Waals surface area contributed by atoms with Crippen LogP contribution in [0.5, 0.6) is 0 Å². The highest BCUT2D eigenvalue weighted by Gasteiger charge is 2.28. The minimum Gasteiger partial charge on any atom is -0.293 e. The molecule has 2 aromatic heterocycles. The van der Waals surface area contributed by atoms with Gasteiger partial charge in [-0.05, 0) is 24.6 Å². The minimum atomic E-state index is -0.980. The highest BCUT2D eigenvalue weighted by molar-refractivity contribution is 7.16. The van der Waals surface area contributed by atoms with Crippen LogP contribution in [0.25, 0.3) is 10.2 Å². The number of nitrogens with zero attached hydrogens (tertiary/aromatic N) is 4. The predicted octanol–water partition coefficient (Wildman–Crippen LogP) is 3.66. The molecule has 4 rings (SSSR count). The Hall–Kier alpha value is -1.79. The van der Waals surface area contributed by atoms with Crippen LogP contribution in [0.2, 0.25) is 0 Å². The van der Waals surface area contributed by atoms with Gasteiger partial charge in [0.1, 0.15) is 6.17 Å². The third-order valence-electron chi connectivity index (χ3n) is 4.69. The van der Waals surface area contributed by atoms with E-state index in [1.807, 2.05) is 18.8 Å². The van der Waals surface area contributed by atoms with Crippen LogP contribution in [0.4, 0.5) is 4.39 Å². The molecule has 2 atom stereocenters. The number of rotatable bonds is 2. The Labute approximate surface area is 138 Å². The van der Waals surface area contributed by atoms with E-state index < -0.39 is 6.17 Å². The Kier molecular flexibility index (Phi) is 3.66. The molecule has 23 heavy (non-hydrogen) atoms. The lowest BCUT2D eigenvalue weighted by Gasteiger charge is -2.28. The molecule has 0 fully saturated rings. The second kappa shape index (κ2) is 5.69. The molecule has 1 aliphatic rings. The van der Waals surface area contributed by atoms with E-state index in [0.29, 0.717) is 6.54 Å². The molecule has 3 heterocycles. The molecule has 0 saturated carbocycles. The van der Waals surface area contributed by atoms with Crippen molar-refractivity contribution in [3.05, 3.63) is 46.7 Å². The Morgan fingerprint density at radius 2 is 2.26 bits per heavy atom. The van der Waals surface area contributed by atoms with Gasteiger partial charge in [0, 0.05) is 44.4 Å². The summed E-state index contributed by atoms with van der Waals surface area (Å²) in [5.41, 5.74) is 5.72. The fourth-order valence-electron chi connectivity index (χ4n) is 3.35. The molecule has 1 aliphatic heterocycles. The highest BCUT2D eigenvalue weighted by atomic mass is 32.1. The van der Waals surface area contributed by atoms with Gasteiger partial charge in [0.15, 0.2) is 0 Å². The monoisotopic (exact) mass is 330 g/mol. The van der Waals surface area contributed by atoms with Gasteiger partial charge < -0.3 is 0 Å². The number of alkyl halides is 1. The van der Waals surface area contributed by atoms with E-state index in [1.165, 1.54) is 10.3 Å². The topological polar surface area (TPSA) is 34.0 Å². The molecule has 3 aromatic rings. The number of hydrogen-bond acceptors (Lipinski definition) is 4. The van der Waals surface area contributed by atoms with Crippen LogP contribution < -0.4 is 0 Å². The van der Waals surface area contributed by atoms with Crippen molar-refractivity contribution in [2.45, 2.75) is 25.6 Å². The fourth-order valence-corrected chi connectivity index (χ4v) is 4.01. The molecule has 4 nitrogen and oxygen atoms in total. The average Bonchev–Trinajstić information content (AvgIpc) is 3.12. The molecule has 0 N–H and O–H groups in total. The fraction of sp³-hybridized carbons (Fsp3) is 0.412. The van der Waals surface area contributed by atoms with Crippen LogP contribution in [0.15, 0.2) is 29.9 Å². The van der Waals surface area contributed by atoms with Crippen molar-refractivity contribution in [1.29, 1.82) is 0 Å². The first-order valence-electron chi connectivity index (χ1n) is 7.85. The molecule has 0 bridgehead atoms. The number of benzene rings is 1. The second-order valence-corrected chi connectivity index (χ2v) is 7.06. The first-order chi connectivity index (χ1) is 11.1. The van der Waals surface area contributed by atoms with Crippen molar-refractivity contribution >= 4 is 21.6 Å². The number of hydrogen-bond donors (Lipinski definition) is 0. The molecule has 0 amide bonds. The summed E-state index contributed by atoms with van der Waals surface area (Å²) in [5.74, 6) is 0. The SMILES string of the molecule is CC(c1ccc2scnc2c1)N1CCc2nn(C)cc2C(F)C1. The lowest BCUT2D eigenvalue weighted by atomic mass is 10.1. The largest absolute Gasteiger partial charge is 0.293 e. The van der Waals surface area contributed by atoms with Crippen LogP contribution in [-0.2, 0) is 13.5 Å². The Bertz CT molecular complexity index is 840. The van der Waals surface area contributed by atoms with Gasteiger partial charge in [-0.2, -0.15) is 5.10 Å². The van der Waals surface area contributed by atoms with Crippen molar-refractivity contribution in [2.75, 3.05) is 13.1 Å². The van der Waals surface area contributed by atoms with Crippen LogP contribution in [0, 0.1) is 0 Å². The van der Waals surface area contributed by atoms with Crippen molar-refractivity contribution in [1.82, 2.24) is 19.7 Å². The maximum absolute atomic E-state index is 14.7. The van der Waals surface area contributed by atoms with E-state index in [4.69, 9.17) is 0 Å². The smallest absolute Gasteiger partial charge is 0.141 e. The predicted molar refractivity (Wildman–Crippen MR) is 90.4 cm³/mol. The Balaban J connectivity index is 1.59. The molecule has 6 heteroatoms. The van der Waals surface area contributed by atoms with E-state index >= 15 is 0 Å². The Morgan fingerprint density at radius 3 is 3.13 bits per heavy atom. The molecular formula is C17H19FN4S. The normalized spacial score (nSPS) is 20.4. The summed E-state index contributed by atoms with van der Waals surface area (Å²) in [6.45, 7) is 3.37. The first-order valence-corrected chi connectivity index (χ1v) is 8.73. The lowest BCUT2D eigenvalue weighted by molar-refractivity contribution is 0.160. The van der Waals surface area contributed by atoms with Crippen molar-refractivity contribution < 1.29 is 4.39 Å². The maximum atomic E-state index is 14.7. The quantitative estimate of drug-likeness (QED) is 0.719. The number of fused-ring (bicyclic) bond motifs is 2.